The number of fused-ring (bicyclic) bond motifs is 1. The molecule has 1 aliphatic rings. The lowest BCUT2D eigenvalue weighted by molar-refractivity contribution is 0.0926. The van der Waals surface area contributed by atoms with E-state index in [0.29, 0.717) is 27.9 Å². The van der Waals surface area contributed by atoms with Crippen molar-refractivity contribution in [1.29, 1.82) is 0 Å². The number of anilines is 1. The summed E-state index contributed by atoms with van der Waals surface area (Å²) >= 11 is 3.34. The number of para-hydroxylation sites is 1. The molecule has 0 spiro atoms. The molecule has 0 fully saturated rings. The summed E-state index contributed by atoms with van der Waals surface area (Å²) in [4.78, 5) is 39.5. The van der Waals surface area contributed by atoms with Crippen molar-refractivity contribution in [2.24, 2.45) is 0 Å². The van der Waals surface area contributed by atoms with Gasteiger partial charge in [-0.15, -0.1) is 0 Å². The van der Waals surface area contributed by atoms with E-state index in [1.54, 1.807) is 72.8 Å². The van der Waals surface area contributed by atoms with Crippen LogP contribution in [0, 0.1) is 0 Å². The molecule has 0 bridgehead atoms. The molecule has 0 saturated heterocycles. The predicted molar refractivity (Wildman–Crippen MR) is 102 cm³/mol. The Balaban J connectivity index is 1.80. The van der Waals surface area contributed by atoms with E-state index in [2.05, 4.69) is 15.9 Å². The molecular weight excluding hydrogens is 394 g/mol. The summed E-state index contributed by atoms with van der Waals surface area (Å²) in [7, 11) is 0. The Morgan fingerprint density at radius 3 is 1.88 bits per heavy atom. The van der Waals surface area contributed by atoms with Crippen molar-refractivity contribution < 1.29 is 14.4 Å². The molecule has 3 aromatic carbocycles. The minimum absolute atomic E-state index is 0.246. The number of nitrogens with zero attached hydrogens (tertiary/aromatic N) is 1. The maximum absolute atomic E-state index is 13.0. The summed E-state index contributed by atoms with van der Waals surface area (Å²) in [5.74, 6) is -1.08. The molecule has 5 heteroatoms. The van der Waals surface area contributed by atoms with E-state index >= 15 is 0 Å². The molecule has 4 nitrogen and oxygen atoms in total. The van der Waals surface area contributed by atoms with Crippen LogP contribution in [0.25, 0.3) is 0 Å². The molecular formula is C21H12BrNO3. The van der Waals surface area contributed by atoms with Crippen LogP contribution in [-0.2, 0) is 0 Å². The van der Waals surface area contributed by atoms with Crippen LogP contribution in [0.5, 0.6) is 0 Å². The van der Waals surface area contributed by atoms with Gasteiger partial charge in [-0.2, -0.15) is 0 Å². The van der Waals surface area contributed by atoms with Crippen LogP contribution in [0.3, 0.4) is 0 Å². The highest BCUT2D eigenvalue weighted by atomic mass is 79.9. The van der Waals surface area contributed by atoms with Crippen LogP contribution < -0.4 is 4.90 Å². The van der Waals surface area contributed by atoms with Crippen LogP contribution >= 0.6 is 15.9 Å². The highest BCUT2D eigenvalue weighted by Gasteiger charge is 2.37. The first-order valence-electron chi connectivity index (χ1n) is 7.95. The topological polar surface area (TPSA) is 54.5 Å². The molecule has 0 radical (unpaired) electrons. The zero-order chi connectivity index (χ0) is 18.3. The van der Waals surface area contributed by atoms with Gasteiger partial charge in [-0.1, -0.05) is 40.2 Å². The number of hydrogen-bond donors (Lipinski definition) is 0. The lowest BCUT2D eigenvalue weighted by Crippen LogP contribution is -2.31. The molecule has 0 N–H and O–H groups in total. The third-order valence-electron chi connectivity index (χ3n) is 4.29. The summed E-state index contributed by atoms with van der Waals surface area (Å²) in [5.41, 5.74) is 1.79. The fourth-order valence-electron chi connectivity index (χ4n) is 3.03. The van der Waals surface area contributed by atoms with E-state index in [-0.39, 0.29) is 5.78 Å². The van der Waals surface area contributed by atoms with Crippen molar-refractivity contribution in [3.8, 4) is 0 Å². The number of amides is 2. The quantitative estimate of drug-likeness (QED) is 0.476. The van der Waals surface area contributed by atoms with Crippen molar-refractivity contribution in [2.75, 3.05) is 4.90 Å². The average Bonchev–Trinajstić information content (AvgIpc) is 2.93. The molecule has 0 aromatic heterocycles. The highest BCUT2D eigenvalue weighted by molar-refractivity contribution is 9.10. The summed E-state index contributed by atoms with van der Waals surface area (Å²) in [6.07, 6.45) is 0. The molecule has 0 aliphatic carbocycles. The van der Waals surface area contributed by atoms with E-state index in [1.165, 1.54) is 0 Å². The van der Waals surface area contributed by atoms with Crippen molar-refractivity contribution >= 4 is 39.2 Å². The van der Waals surface area contributed by atoms with Crippen molar-refractivity contribution in [1.82, 2.24) is 0 Å². The van der Waals surface area contributed by atoms with Gasteiger partial charge < -0.3 is 0 Å². The second kappa shape index (κ2) is 6.35. The normalized spacial score (nSPS) is 13.0. The van der Waals surface area contributed by atoms with Gasteiger partial charge in [0.15, 0.2) is 5.78 Å². The number of carbonyl (C=O) groups excluding carboxylic acids is 3. The molecule has 0 atom stereocenters. The number of ketones is 1. The highest BCUT2D eigenvalue weighted by Crippen LogP contribution is 2.31. The second-order valence-electron chi connectivity index (χ2n) is 5.84. The summed E-state index contributed by atoms with van der Waals surface area (Å²) < 4.78 is 0.864. The lowest BCUT2D eigenvalue weighted by atomic mass is 10.0. The first kappa shape index (κ1) is 16.4. The number of halogens is 1. The first-order chi connectivity index (χ1) is 12.6. The number of hydrogen-bond acceptors (Lipinski definition) is 3. The summed E-state index contributed by atoms with van der Waals surface area (Å²) in [5, 5.41) is 0. The van der Waals surface area contributed by atoms with Crippen LogP contribution in [0.4, 0.5) is 5.69 Å². The van der Waals surface area contributed by atoms with Crippen molar-refractivity contribution in [2.45, 2.75) is 0 Å². The SMILES string of the molecule is O=C(c1ccc(Br)cc1)c1ccccc1N1C(=O)c2ccccc2C1=O. The van der Waals surface area contributed by atoms with Crippen molar-refractivity contribution in [3.63, 3.8) is 0 Å². The van der Waals surface area contributed by atoms with E-state index in [0.717, 1.165) is 9.37 Å². The molecule has 0 saturated carbocycles. The summed E-state index contributed by atoms with van der Waals surface area (Å²) in [6.45, 7) is 0. The van der Waals surface area contributed by atoms with Crippen LogP contribution in [0.2, 0.25) is 0 Å². The van der Waals surface area contributed by atoms with E-state index in [1.807, 2.05) is 0 Å². The third kappa shape index (κ3) is 2.57. The fourth-order valence-corrected chi connectivity index (χ4v) is 3.29. The Labute approximate surface area is 158 Å². The first-order valence-corrected chi connectivity index (χ1v) is 8.74. The zero-order valence-electron chi connectivity index (χ0n) is 13.5. The monoisotopic (exact) mass is 405 g/mol. The molecule has 1 aliphatic heterocycles. The van der Waals surface area contributed by atoms with Crippen LogP contribution in [0.1, 0.15) is 36.6 Å². The van der Waals surface area contributed by atoms with Gasteiger partial charge in [-0.3, -0.25) is 14.4 Å². The predicted octanol–water partition coefficient (Wildman–Crippen LogP) is 4.48. The Morgan fingerprint density at radius 2 is 1.27 bits per heavy atom. The van der Waals surface area contributed by atoms with E-state index in [9.17, 15) is 14.4 Å². The Bertz CT molecular complexity index is 1020. The van der Waals surface area contributed by atoms with Gasteiger partial charge >= 0.3 is 0 Å². The van der Waals surface area contributed by atoms with Gasteiger partial charge in [0.25, 0.3) is 11.8 Å². The second-order valence-corrected chi connectivity index (χ2v) is 6.76. The molecule has 126 valence electrons. The van der Waals surface area contributed by atoms with Gasteiger partial charge in [-0.25, -0.2) is 4.90 Å². The van der Waals surface area contributed by atoms with Gasteiger partial charge in [-0.05, 0) is 48.5 Å². The largest absolute Gasteiger partial charge is 0.289 e. The Kier molecular flexibility index (Phi) is 4.01. The minimum Gasteiger partial charge on any atom is -0.289 e. The molecule has 4 rings (SSSR count). The number of carbonyl (C=O) groups is 3. The summed E-state index contributed by atoms with van der Waals surface area (Å²) in [6, 6.07) is 20.3. The van der Waals surface area contributed by atoms with Crippen LogP contribution in [0.15, 0.2) is 77.3 Å². The Morgan fingerprint density at radius 1 is 0.731 bits per heavy atom. The number of benzene rings is 3. The van der Waals surface area contributed by atoms with Crippen LogP contribution in [-0.4, -0.2) is 17.6 Å². The van der Waals surface area contributed by atoms with Gasteiger partial charge in [0.1, 0.15) is 0 Å². The van der Waals surface area contributed by atoms with Gasteiger partial charge in [0.05, 0.1) is 16.8 Å². The van der Waals surface area contributed by atoms with Crippen molar-refractivity contribution in [3.05, 3.63) is 99.5 Å². The average molecular weight is 406 g/mol. The maximum Gasteiger partial charge on any atom is 0.266 e. The van der Waals surface area contributed by atoms with E-state index in [4.69, 9.17) is 0 Å². The third-order valence-corrected chi connectivity index (χ3v) is 4.82. The lowest BCUT2D eigenvalue weighted by Gasteiger charge is -2.17. The fraction of sp³-hybridized carbons (Fsp3) is 0. The molecule has 1 heterocycles. The Hall–Kier alpha value is -3.05. The smallest absolute Gasteiger partial charge is 0.266 e. The van der Waals surface area contributed by atoms with Gasteiger partial charge in [0.2, 0.25) is 0 Å². The van der Waals surface area contributed by atoms with Gasteiger partial charge in [0, 0.05) is 15.6 Å². The molecule has 26 heavy (non-hydrogen) atoms. The molecule has 2 amide bonds. The molecule has 3 aromatic rings. The minimum atomic E-state index is -0.415. The van der Waals surface area contributed by atoms with E-state index < -0.39 is 11.8 Å². The number of rotatable bonds is 3. The molecule has 0 unspecified atom stereocenters. The standard InChI is InChI=1S/C21H12BrNO3/c22-14-11-9-13(10-12-14)19(24)17-7-3-4-8-18(17)23-20(25)15-5-1-2-6-16(15)21(23)26/h1-12H. The zero-order valence-corrected chi connectivity index (χ0v) is 15.1. The number of imide groups is 1. The maximum atomic E-state index is 13.0.